The van der Waals surface area contributed by atoms with E-state index in [1.54, 1.807) is 0 Å². The van der Waals surface area contributed by atoms with E-state index < -0.39 is 12.2 Å². The molecule has 2 saturated heterocycles. The van der Waals surface area contributed by atoms with E-state index in [4.69, 9.17) is 10.2 Å². The van der Waals surface area contributed by atoms with Crippen molar-refractivity contribution in [2.75, 3.05) is 19.6 Å². The molecular formula is C9H14N2O4. The minimum absolute atomic E-state index is 0.132. The normalized spacial score (nSPS) is 30.1. The summed E-state index contributed by atoms with van der Waals surface area (Å²) in [6, 6.07) is -0.132. The van der Waals surface area contributed by atoms with Gasteiger partial charge in [-0.25, -0.2) is 9.59 Å². The highest BCUT2D eigenvalue weighted by Crippen LogP contribution is 2.31. The van der Waals surface area contributed by atoms with Crippen molar-refractivity contribution in [3.8, 4) is 0 Å². The summed E-state index contributed by atoms with van der Waals surface area (Å²) in [5.41, 5.74) is 0. The minimum atomic E-state index is -0.953. The Balaban J connectivity index is 2.07. The molecule has 2 unspecified atom stereocenters. The second-order valence-corrected chi connectivity index (χ2v) is 4.11. The number of hydrogen-bond donors (Lipinski definition) is 2. The molecule has 2 rings (SSSR count). The first-order valence-electron chi connectivity index (χ1n) is 5.07. The van der Waals surface area contributed by atoms with Crippen molar-refractivity contribution in [2.24, 2.45) is 5.92 Å². The number of hydrogen-bond acceptors (Lipinski definition) is 2. The highest BCUT2D eigenvalue weighted by atomic mass is 16.4. The van der Waals surface area contributed by atoms with Crippen molar-refractivity contribution in [3.05, 3.63) is 0 Å². The molecule has 0 aromatic rings. The van der Waals surface area contributed by atoms with Gasteiger partial charge in [-0.2, -0.15) is 0 Å². The zero-order valence-corrected chi connectivity index (χ0v) is 8.30. The lowest BCUT2D eigenvalue weighted by molar-refractivity contribution is 0.0830. The molecule has 0 aliphatic carbocycles. The van der Waals surface area contributed by atoms with Gasteiger partial charge in [-0.3, -0.25) is 0 Å². The summed E-state index contributed by atoms with van der Waals surface area (Å²) in [4.78, 5) is 24.4. The number of likely N-dealkylation sites (tertiary alicyclic amines) is 2. The maximum absolute atomic E-state index is 10.9. The average molecular weight is 214 g/mol. The van der Waals surface area contributed by atoms with Gasteiger partial charge in [-0.1, -0.05) is 0 Å². The van der Waals surface area contributed by atoms with E-state index >= 15 is 0 Å². The lowest BCUT2D eigenvalue weighted by Gasteiger charge is -2.35. The lowest BCUT2D eigenvalue weighted by atomic mass is 9.92. The van der Waals surface area contributed by atoms with Crippen molar-refractivity contribution < 1.29 is 19.8 Å². The van der Waals surface area contributed by atoms with E-state index in [2.05, 4.69) is 0 Å². The Morgan fingerprint density at radius 1 is 1.07 bits per heavy atom. The number of rotatable bonds is 0. The van der Waals surface area contributed by atoms with Crippen LogP contribution in [-0.2, 0) is 0 Å². The van der Waals surface area contributed by atoms with Gasteiger partial charge in [-0.15, -0.1) is 0 Å². The van der Waals surface area contributed by atoms with Crippen LogP contribution in [0.15, 0.2) is 0 Å². The third kappa shape index (κ3) is 1.71. The Kier molecular flexibility index (Phi) is 2.42. The predicted octanol–water partition coefficient (Wildman–Crippen LogP) is 0.739. The Hall–Kier alpha value is -1.46. The van der Waals surface area contributed by atoms with Crippen LogP contribution in [-0.4, -0.2) is 57.9 Å². The summed E-state index contributed by atoms with van der Waals surface area (Å²) < 4.78 is 0. The molecule has 6 nitrogen and oxygen atoms in total. The molecule has 6 heteroatoms. The second kappa shape index (κ2) is 3.60. The molecule has 2 fully saturated rings. The van der Waals surface area contributed by atoms with E-state index in [1.165, 1.54) is 9.80 Å². The molecule has 2 atom stereocenters. The Bertz CT molecular complexity index is 294. The van der Waals surface area contributed by atoms with Gasteiger partial charge in [0.2, 0.25) is 0 Å². The first-order valence-corrected chi connectivity index (χ1v) is 5.07. The van der Waals surface area contributed by atoms with Crippen molar-refractivity contribution >= 4 is 12.2 Å². The quantitative estimate of drug-likeness (QED) is 0.623. The molecule has 2 N–H and O–H groups in total. The maximum Gasteiger partial charge on any atom is 0.407 e. The lowest BCUT2D eigenvalue weighted by Crippen LogP contribution is -2.50. The van der Waals surface area contributed by atoms with Crippen LogP contribution in [0, 0.1) is 5.92 Å². The maximum atomic E-state index is 10.9. The third-order valence-electron chi connectivity index (χ3n) is 3.38. The van der Waals surface area contributed by atoms with Crippen molar-refractivity contribution in [1.29, 1.82) is 0 Å². The number of fused-ring (bicyclic) bond motifs is 1. The molecule has 2 aliphatic heterocycles. The molecule has 0 bridgehead atoms. The Labute approximate surface area is 87.1 Å². The molecule has 2 aliphatic rings. The zero-order valence-electron chi connectivity index (χ0n) is 8.30. The molecule has 0 radical (unpaired) electrons. The highest BCUT2D eigenvalue weighted by molar-refractivity contribution is 5.67. The Morgan fingerprint density at radius 2 is 1.73 bits per heavy atom. The summed E-state index contributed by atoms with van der Waals surface area (Å²) in [6.45, 7) is 1.40. The van der Waals surface area contributed by atoms with E-state index in [0.717, 1.165) is 12.8 Å². The van der Waals surface area contributed by atoms with Crippen LogP contribution in [0.2, 0.25) is 0 Å². The molecule has 84 valence electrons. The largest absolute Gasteiger partial charge is 0.465 e. The van der Waals surface area contributed by atoms with Crippen LogP contribution in [0.3, 0.4) is 0 Å². The smallest absolute Gasteiger partial charge is 0.407 e. The zero-order chi connectivity index (χ0) is 11.0. The number of piperidine rings is 1. The summed E-state index contributed by atoms with van der Waals surface area (Å²) in [5.74, 6) is 0.344. The summed E-state index contributed by atoms with van der Waals surface area (Å²) in [5, 5.41) is 17.8. The first kappa shape index (κ1) is 10.1. The van der Waals surface area contributed by atoms with Gasteiger partial charge in [0.15, 0.2) is 0 Å². The van der Waals surface area contributed by atoms with E-state index in [9.17, 15) is 9.59 Å². The molecule has 0 aromatic carbocycles. The molecular weight excluding hydrogens is 200 g/mol. The molecule has 2 amide bonds. The van der Waals surface area contributed by atoms with Crippen LogP contribution < -0.4 is 0 Å². The molecule has 0 aromatic heterocycles. The van der Waals surface area contributed by atoms with E-state index in [1.807, 2.05) is 0 Å². The van der Waals surface area contributed by atoms with Gasteiger partial charge >= 0.3 is 12.2 Å². The fourth-order valence-electron chi connectivity index (χ4n) is 2.55. The van der Waals surface area contributed by atoms with E-state index in [-0.39, 0.29) is 6.04 Å². The monoisotopic (exact) mass is 214 g/mol. The van der Waals surface area contributed by atoms with Gasteiger partial charge in [-0.05, 0) is 18.8 Å². The minimum Gasteiger partial charge on any atom is -0.465 e. The van der Waals surface area contributed by atoms with Gasteiger partial charge in [0.1, 0.15) is 0 Å². The molecule has 0 spiro atoms. The number of nitrogens with zero attached hydrogens (tertiary/aromatic N) is 2. The molecule has 15 heavy (non-hydrogen) atoms. The van der Waals surface area contributed by atoms with Gasteiger partial charge in [0.25, 0.3) is 0 Å². The summed E-state index contributed by atoms with van der Waals surface area (Å²) in [7, 11) is 0. The van der Waals surface area contributed by atoms with Crippen molar-refractivity contribution in [2.45, 2.75) is 18.9 Å². The highest BCUT2D eigenvalue weighted by Gasteiger charge is 2.41. The second-order valence-electron chi connectivity index (χ2n) is 4.11. The fraction of sp³-hybridized carbons (Fsp3) is 0.778. The summed E-state index contributed by atoms with van der Waals surface area (Å²) in [6.07, 6.45) is -0.244. The number of amides is 2. The van der Waals surface area contributed by atoms with Gasteiger partial charge in [0.05, 0.1) is 6.04 Å². The third-order valence-corrected chi connectivity index (χ3v) is 3.38. The number of carboxylic acid groups (broad SMARTS) is 2. The fourth-order valence-corrected chi connectivity index (χ4v) is 2.55. The van der Waals surface area contributed by atoms with Gasteiger partial charge in [0, 0.05) is 19.6 Å². The summed E-state index contributed by atoms with van der Waals surface area (Å²) >= 11 is 0. The SMILES string of the molecule is O=C(O)N1CCC2CCN(C(=O)O)C2C1. The molecule has 0 saturated carbocycles. The average Bonchev–Trinajstić information content (AvgIpc) is 2.59. The number of carbonyl (C=O) groups is 2. The van der Waals surface area contributed by atoms with Crippen molar-refractivity contribution in [1.82, 2.24) is 9.80 Å². The van der Waals surface area contributed by atoms with Crippen LogP contribution >= 0.6 is 0 Å². The predicted molar refractivity (Wildman–Crippen MR) is 50.8 cm³/mol. The van der Waals surface area contributed by atoms with Crippen molar-refractivity contribution in [3.63, 3.8) is 0 Å². The van der Waals surface area contributed by atoms with Crippen LogP contribution in [0.25, 0.3) is 0 Å². The van der Waals surface area contributed by atoms with Crippen LogP contribution in [0.1, 0.15) is 12.8 Å². The Morgan fingerprint density at radius 3 is 2.33 bits per heavy atom. The van der Waals surface area contributed by atoms with Crippen LogP contribution in [0.4, 0.5) is 9.59 Å². The first-order chi connectivity index (χ1) is 7.09. The topological polar surface area (TPSA) is 81.1 Å². The molecule has 2 heterocycles. The van der Waals surface area contributed by atoms with Crippen LogP contribution in [0.5, 0.6) is 0 Å². The van der Waals surface area contributed by atoms with Gasteiger partial charge < -0.3 is 20.0 Å². The standard InChI is InChI=1S/C9H14N2O4/c12-8(13)10-3-1-6-2-4-11(9(14)15)7(6)5-10/h6-7H,1-5H2,(H,12,13)(H,14,15). The van der Waals surface area contributed by atoms with E-state index in [0.29, 0.717) is 25.6 Å².